The maximum atomic E-state index is 10.6. The maximum Gasteiger partial charge on any atom is 0.269 e. The van der Waals surface area contributed by atoms with Crippen LogP contribution >= 0.6 is 0 Å². The van der Waals surface area contributed by atoms with Crippen molar-refractivity contribution < 1.29 is 10.0 Å². The number of benzene rings is 2. The molecule has 0 unspecified atom stereocenters. The quantitative estimate of drug-likeness (QED) is 0.362. The number of rotatable bonds is 6. The molecule has 0 fully saturated rings. The molecule has 0 aromatic heterocycles. The second-order valence-electron chi connectivity index (χ2n) is 5.41. The summed E-state index contributed by atoms with van der Waals surface area (Å²) in [7, 11) is 0. The van der Waals surface area contributed by atoms with Gasteiger partial charge in [-0.3, -0.25) is 15.5 Å². The van der Waals surface area contributed by atoms with Gasteiger partial charge in [0.15, 0.2) is 0 Å². The zero-order chi connectivity index (χ0) is 17.7. The molecule has 0 radical (unpaired) electrons. The number of aromatic hydroxyl groups is 1. The molecule has 0 atom stereocenters. The predicted molar refractivity (Wildman–Crippen MR) is 95.8 cm³/mol. The van der Waals surface area contributed by atoms with Crippen molar-refractivity contribution in [3.05, 3.63) is 75.4 Å². The van der Waals surface area contributed by atoms with Gasteiger partial charge in [0.25, 0.3) is 5.69 Å². The van der Waals surface area contributed by atoms with Gasteiger partial charge in [-0.25, -0.2) is 0 Å². The Balaban J connectivity index is 2.22. The van der Waals surface area contributed by atoms with E-state index in [-0.39, 0.29) is 11.4 Å². The van der Waals surface area contributed by atoms with E-state index in [0.717, 1.165) is 16.7 Å². The number of nitrogens with one attached hydrogen (secondary N) is 1. The van der Waals surface area contributed by atoms with E-state index in [4.69, 9.17) is 0 Å². The van der Waals surface area contributed by atoms with Gasteiger partial charge in [0.2, 0.25) is 0 Å². The first-order valence-electron chi connectivity index (χ1n) is 7.40. The number of hydrazone groups is 1. The van der Waals surface area contributed by atoms with Gasteiger partial charge in [-0.1, -0.05) is 12.1 Å². The molecule has 0 aliphatic rings. The number of nitro benzene ring substituents is 1. The first-order chi connectivity index (χ1) is 11.4. The van der Waals surface area contributed by atoms with Crippen molar-refractivity contribution in [3.63, 3.8) is 0 Å². The smallest absolute Gasteiger partial charge is 0.269 e. The van der Waals surface area contributed by atoms with Crippen LogP contribution in [-0.4, -0.2) is 16.2 Å². The number of nitrogens with zero attached hydrogens (tertiary/aromatic N) is 2. The largest absolute Gasteiger partial charge is 0.507 e. The van der Waals surface area contributed by atoms with Crippen LogP contribution < -0.4 is 5.43 Å². The van der Waals surface area contributed by atoms with E-state index < -0.39 is 4.92 Å². The molecule has 2 rings (SSSR count). The lowest BCUT2D eigenvalue weighted by Crippen LogP contribution is -1.99. The molecule has 0 heterocycles. The number of non-ortho nitro benzene ring substituents is 1. The third-order valence-corrected chi connectivity index (χ3v) is 3.73. The fourth-order valence-electron chi connectivity index (χ4n) is 2.36. The topological polar surface area (TPSA) is 87.8 Å². The summed E-state index contributed by atoms with van der Waals surface area (Å²) in [5.74, 6) is 0.189. The molecule has 2 N–H and O–H groups in total. The molecule has 2 aromatic rings. The molecule has 0 aliphatic carbocycles. The van der Waals surface area contributed by atoms with E-state index in [0.29, 0.717) is 17.7 Å². The van der Waals surface area contributed by atoms with E-state index in [1.165, 1.54) is 12.1 Å². The van der Waals surface area contributed by atoms with Gasteiger partial charge in [-0.05, 0) is 49.1 Å². The molecule has 0 saturated carbocycles. The average molecular weight is 325 g/mol. The van der Waals surface area contributed by atoms with Crippen LogP contribution in [0.2, 0.25) is 0 Å². The molecular formula is C18H19N3O3. The zero-order valence-corrected chi connectivity index (χ0v) is 13.6. The summed E-state index contributed by atoms with van der Waals surface area (Å²) in [6, 6.07) is 7.88. The highest BCUT2D eigenvalue weighted by Crippen LogP contribution is 2.27. The van der Waals surface area contributed by atoms with Gasteiger partial charge in [0, 0.05) is 17.7 Å². The summed E-state index contributed by atoms with van der Waals surface area (Å²) in [6.07, 6.45) is 4.07. The molecule has 0 amide bonds. The molecule has 6 heteroatoms. The van der Waals surface area contributed by atoms with Crippen molar-refractivity contribution in [3.8, 4) is 5.75 Å². The van der Waals surface area contributed by atoms with Crippen molar-refractivity contribution in [2.75, 3.05) is 5.43 Å². The molecule has 124 valence electrons. The van der Waals surface area contributed by atoms with Crippen molar-refractivity contribution in [1.82, 2.24) is 0 Å². The second-order valence-corrected chi connectivity index (χ2v) is 5.41. The van der Waals surface area contributed by atoms with E-state index in [2.05, 4.69) is 17.1 Å². The summed E-state index contributed by atoms with van der Waals surface area (Å²) in [4.78, 5) is 10.2. The fourth-order valence-corrected chi connectivity index (χ4v) is 2.36. The van der Waals surface area contributed by atoms with Gasteiger partial charge >= 0.3 is 0 Å². The van der Waals surface area contributed by atoms with Crippen LogP contribution in [0.5, 0.6) is 5.75 Å². The minimum atomic E-state index is -0.456. The Kier molecular flexibility index (Phi) is 5.31. The van der Waals surface area contributed by atoms with Crippen LogP contribution in [0.4, 0.5) is 11.4 Å². The number of phenols is 1. The third kappa shape index (κ3) is 3.78. The number of anilines is 1. The van der Waals surface area contributed by atoms with Crippen molar-refractivity contribution in [2.45, 2.75) is 20.3 Å². The van der Waals surface area contributed by atoms with Crippen LogP contribution in [0, 0.1) is 24.0 Å². The number of nitro groups is 1. The van der Waals surface area contributed by atoms with Crippen LogP contribution in [0.1, 0.15) is 22.3 Å². The normalized spacial score (nSPS) is 10.8. The second kappa shape index (κ2) is 7.41. The molecule has 0 aliphatic heterocycles. The Labute approximate surface area is 140 Å². The van der Waals surface area contributed by atoms with Crippen molar-refractivity contribution in [2.24, 2.45) is 5.10 Å². The van der Waals surface area contributed by atoms with Crippen LogP contribution in [-0.2, 0) is 6.42 Å². The summed E-state index contributed by atoms with van der Waals surface area (Å²) in [6.45, 7) is 7.50. The lowest BCUT2D eigenvalue weighted by atomic mass is 9.96. The predicted octanol–water partition coefficient (Wildman–Crippen LogP) is 4.09. The number of phenolic OH excluding ortho intramolecular Hbond substituents is 1. The highest BCUT2D eigenvalue weighted by Gasteiger charge is 2.10. The maximum absolute atomic E-state index is 10.6. The first-order valence-corrected chi connectivity index (χ1v) is 7.40. The molecule has 0 bridgehead atoms. The monoisotopic (exact) mass is 325 g/mol. The van der Waals surface area contributed by atoms with E-state index in [9.17, 15) is 15.2 Å². The minimum Gasteiger partial charge on any atom is -0.507 e. The van der Waals surface area contributed by atoms with Gasteiger partial charge in [0.1, 0.15) is 5.75 Å². The Morgan fingerprint density at radius 3 is 2.58 bits per heavy atom. The summed E-state index contributed by atoms with van der Waals surface area (Å²) >= 11 is 0. The SMILES string of the molecule is C=CCc1cc(C)c(O)c(/C=N/Nc2ccc([N+](=O)[O-])cc2)c1C. The van der Waals surface area contributed by atoms with Crippen LogP contribution in [0.25, 0.3) is 0 Å². The molecule has 2 aromatic carbocycles. The van der Waals surface area contributed by atoms with E-state index in [1.807, 2.05) is 26.0 Å². The van der Waals surface area contributed by atoms with Gasteiger partial charge in [0.05, 0.1) is 16.8 Å². The molecule has 6 nitrogen and oxygen atoms in total. The Morgan fingerprint density at radius 2 is 2.00 bits per heavy atom. The van der Waals surface area contributed by atoms with E-state index >= 15 is 0 Å². The lowest BCUT2D eigenvalue weighted by Gasteiger charge is -2.12. The standard InChI is InChI=1S/C18H19N3O3/c1-4-5-14-10-12(2)18(22)17(13(14)3)11-19-20-15-6-8-16(9-7-15)21(23)24/h4,6-11,20,22H,1,5H2,2-3H3/b19-11+. The van der Waals surface area contributed by atoms with Gasteiger partial charge < -0.3 is 5.11 Å². The molecule has 0 spiro atoms. The minimum absolute atomic E-state index is 0.0192. The zero-order valence-electron chi connectivity index (χ0n) is 13.6. The highest BCUT2D eigenvalue weighted by atomic mass is 16.6. The van der Waals surface area contributed by atoms with Crippen molar-refractivity contribution in [1.29, 1.82) is 0 Å². The van der Waals surface area contributed by atoms with Gasteiger partial charge in [-0.15, -0.1) is 6.58 Å². The number of hydrogen-bond acceptors (Lipinski definition) is 5. The Hall–Kier alpha value is -3.15. The Bertz CT molecular complexity index is 796. The summed E-state index contributed by atoms with van der Waals surface area (Å²) in [5.41, 5.74) is 6.87. The lowest BCUT2D eigenvalue weighted by molar-refractivity contribution is -0.384. The van der Waals surface area contributed by atoms with Crippen LogP contribution in [0.3, 0.4) is 0 Å². The summed E-state index contributed by atoms with van der Waals surface area (Å²) < 4.78 is 0. The third-order valence-electron chi connectivity index (χ3n) is 3.73. The Morgan fingerprint density at radius 1 is 1.33 bits per heavy atom. The van der Waals surface area contributed by atoms with E-state index in [1.54, 1.807) is 18.3 Å². The molecule has 24 heavy (non-hydrogen) atoms. The summed E-state index contributed by atoms with van der Waals surface area (Å²) in [5, 5.41) is 25.0. The van der Waals surface area contributed by atoms with Crippen LogP contribution in [0.15, 0.2) is 48.1 Å². The fraction of sp³-hybridized carbons (Fsp3) is 0.167. The van der Waals surface area contributed by atoms with Gasteiger partial charge in [-0.2, -0.15) is 5.10 Å². The number of hydrogen-bond donors (Lipinski definition) is 2. The molecule has 0 saturated heterocycles. The number of aryl methyl sites for hydroxylation is 1. The number of allylic oxidation sites excluding steroid dienone is 1. The average Bonchev–Trinajstić information content (AvgIpc) is 2.56. The van der Waals surface area contributed by atoms with Crippen molar-refractivity contribution >= 4 is 17.6 Å². The highest BCUT2D eigenvalue weighted by molar-refractivity contribution is 5.87. The first kappa shape index (κ1) is 17.2. The molecular weight excluding hydrogens is 306 g/mol.